The Balaban J connectivity index is 1.16. The summed E-state index contributed by atoms with van der Waals surface area (Å²) in [6, 6.07) is 6.53. The van der Waals surface area contributed by atoms with E-state index in [4.69, 9.17) is 0 Å². The molecular weight excluding hydrogens is 502 g/mol. The normalized spacial score (nSPS) is 25.3. The zero-order valence-electron chi connectivity index (χ0n) is 22.5. The molecule has 1 aliphatic carbocycles. The fourth-order valence-corrected chi connectivity index (χ4v) is 7.83. The molecule has 1 aromatic heterocycles. The van der Waals surface area contributed by atoms with Crippen molar-refractivity contribution in [2.45, 2.75) is 82.7 Å². The number of benzene rings is 1. The Labute approximate surface area is 230 Å². The molecule has 1 aromatic carbocycles. The summed E-state index contributed by atoms with van der Waals surface area (Å²) in [6.45, 7) is 6.22. The van der Waals surface area contributed by atoms with Gasteiger partial charge in [-0.15, -0.1) is 0 Å². The summed E-state index contributed by atoms with van der Waals surface area (Å²) in [4.78, 5) is 17.2. The number of carbonyl (C=O) groups is 1. The molecule has 3 aliphatic rings. The van der Waals surface area contributed by atoms with Gasteiger partial charge in [-0.05, 0) is 110 Å². The van der Waals surface area contributed by atoms with E-state index in [0.29, 0.717) is 29.7 Å². The molecule has 1 saturated carbocycles. The first-order valence-corrected chi connectivity index (χ1v) is 15.5. The zero-order chi connectivity index (χ0) is 26.6. The monoisotopic (exact) mass is 544 g/mol. The van der Waals surface area contributed by atoms with Crippen molar-refractivity contribution >= 4 is 17.3 Å². The Hall–Kier alpha value is -1.83. The largest absolute Gasteiger partial charge is 0.480 e. The number of halogens is 2. The van der Waals surface area contributed by atoms with Crippen molar-refractivity contribution < 1.29 is 18.7 Å². The van der Waals surface area contributed by atoms with Gasteiger partial charge >= 0.3 is 5.97 Å². The first-order valence-electron chi connectivity index (χ1n) is 14.6. The van der Waals surface area contributed by atoms with Gasteiger partial charge in [0.05, 0.1) is 0 Å². The van der Waals surface area contributed by atoms with Crippen molar-refractivity contribution in [2.75, 3.05) is 26.2 Å². The maximum absolute atomic E-state index is 13.5. The third-order valence-corrected chi connectivity index (χ3v) is 10.5. The van der Waals surface area contributed by atoms with Crippen LogP contribution >= 0.6 is 11.3 Å². The molecule has 7 heteroatoms. The van der Waals surface area contributed by atoms with Crippen LogP contribution in [0.4, 0.5) is 8.78 Å². The van der Waals surface area contributed by atoms with E-state index in [2.05, 4.69) is 33.6 Å². The Morgan fingerprint density at radius 3 is 2.47 bits per heavy atom. The third kappa shape index (κ3) is 6.48. The minimum absolute atomic E-state index is 0.362. The van der Waals surface area contributed by atoms with E-state index in [9.17, 15) is 18.7 Å². The SMILES string of the molecule is C[C@H]([C@H]1CN([C@H](CC2CCC2)C(=O)O)C[C@@H]1c1ccsc1)N1CCC(CCCc2ccc(F)c(F)c2)CC1. The molecule has 4 nitrogen and oxygen atoms in total. The minimum atomic E-state index is -0.779. The topological polar surface area (TPSA) is 43.8 Å². The van der Waals surface area contributed by atoms with Gasteiger partial charge in [0, 0.05) is 25.0 Å². The van der Waals surface area contributed by atoms with Gasteiger partial charge in [0.2, 0.25) is 0 Å². The molecule has 3 fully saturated rings. The van der Waals surface area contributed by atoms with Crippen molar-refractivity contribution in [3.05, 3.63) is 57.8 Å². The van der Waals surface area contributed by atoms with Crippen LogP contribution < -0.4 is 0 Å². The number of hydrogen-bond acceptors (Lipinski definition) is 4. The summed E-state index contributed by atoms with van der Waals surface area (Å²) < 4.78 is 26.7. The fourth-order valence-electron chi connectivity index (χ4n) is 7.10. The summed E-state index contributed by atoms with van der Waals surface area (Å²) >= 11 is 1.73. The van der Waals surface area contributed by atoms with Crippen LogP contribution in [0.15, 0.2) is 35.0 Å². The highest BCUT2D eigenvalue weighted by molar-refractivity contribution is 7.08. The molecule has 2 saturated heterocycles. The van der Waals surface area contributed by atoms with E-state index >= 15 is 0 Å². The number of nitrogens with zero attached hydrogens (tertiary/aromatic N) is 2. The average Bonchev–Trinajstić information content (AvgIpc) is 3.56. The number of aliphatic carboxylic acids is 1. The molecule has 2 aliphatic heterocycles. The van der Waals surface area contributed by atoms with Crippen molar-refractivity contribution in [1.29, 1.82) is 0 Å². The molecule has 0 bridgehead atoms. The first kappa shape index (κ1) is 27.7. The zero-order valence-corrected chi connectivity index (χ0v) is 23.4. The van der Waals surface area contributed by atoms with E-state index in [1.165, 1.54) is 49.8 Å². The number of rotatable bonds is 11. The molecule has 4 atom stereocenters. The second-order valence-corrected chi connectivity index (χ2v) is 12.8. The molecule has 38 heavy (non-hydrogen) atoms. The molecule has 0 radical (unpaired) electrons. The van der Waals surface area contributed by atoms with Gasteiger partial charge in [0.15, 0.2) is 11.6 Å². The van der Waals surface area contributed by atoms with E-state index < -0.39 is 17.6 Å². The fraction of sp³-hybridized carbons (Fsp3) is 0.645. The van der Waals surface area contributed by atoms with Crippen molar-refractivity contribution in [3.8, 4) is 0 Å². The Kier molecular flexibility index (Phi) is 9.17. The lowest BCUT2D eigenvalue weighted by molar-refractivity contribution is -0.144. The van der Waals surface area contributed by atoms with E-state index in [0.717, 1.165) is 57.4 Å². The third-order valence-electron chi connectivity index (χ3n) is 9.78. The van der Waals surface area contributed by atoms with Gasteiger partial charge in [-0.25, -0.2) is 8.78 Å². The molecule has 5 rings (SSSR count). The maximum Gasteiger partial charge on any atom is 0.320 e. The number of aryl methyl sites for hydroxylation is 1. The van der Waals surface area contributed by atoms with Crippen LogP contribution in [0.3, 0.4) is 0 Å². The molecule has 208 valence electrons. The molecule has 0 spiro atoms. The number of hydrogen-bond donors (Lipinski definition) is 1. The van der Waals surface area contributed by atoms with Crippen molar-refractivity contribution in [1.82, 2.24) is 9.80 Å². The van der Waals surface area contributed by atoms with Crippen molar-refractivity contribution in [2.24, 2.45) is 17.8 Å². The lowest BCUT2D eigenvalue weighted by Gasteiger charge is -2.40. The highest BCUT2D eigenvalue weighted by Gasteiger charge is 2.44. The van der Waals surface area contributed by atoms with E-state index in [1.54, 1.807) is 17.4 Å². The van der Waals surface area contributed by atoms with E-state index in [-0.39, 0.29) is 6.04 Å². The van der Waals surface area contributed by atoms with Crippen LogP contribution in [0.1, 0.15) is 75.3 Å². The van der Waals surface area contributed by atoms with Crippen LogP contribution in [-0.2, 0) is 11.2 Å². The van der Waals surface area contributed by atoms with Gasteiger partial charge in [-0.1, -0.05) is 31.7 Å². The van der Waals surface area contributed by atoms with E-state index in [1.807, 2.05) is 0 Å². The second-order valence-electron chi connectivity index (χ2n) is 12.0. The predicted molar refractivity (Wildman–Crippen MR) is 149 cm³/mol. The Morgan fingerprint density at radius 1 is 1.05 bits per heavy atom. The maximum atomic E-state index is 13.5. The number of carboxylic acids is 1. The lowest BCUT2D eigenvalue weighted by Crippen LogP contribution is -2.46. The molecule has 2 aromatic rings. The standard InChI is InChI=1S/C31H42F2N2O2S/c1-21(34-13-10-22(11-14-34)4-2-7-24-8-9-28(32)29(33)16-24)26-18-35(19-27(26)25-12-15-38-20-25)30(31(36)37)17-23-5-3-6-23/h8-9,12,15-16,20-23,26-27,30H,2-7,10-11,13-14,17-19H2,1H3,(H,36,37)/t21-,26-,27-,30-/m1/s1. The summed E-state index contributed by atoms with van der Waals surface area (Å²) in [7, 11) is 0. The Morgan fingerprint density at radius 2 is 1.84 bits per heavy atom. The first-order chi connectivity index (χ1) is 18.4. The molecule has 0 amide bonds. The summed E-state index contributed by atoms with van der Waals surface area (Å²) in [5.41, 5.74) is 2.24. The second kappa shape index (κ2) is 12.6. The number of likely N-dealkylation sites (tertiary alicyclic amines) is 2. The molecular formula is C31H42F2N2O2S. The van der Waals surface area contributed by atoms with Crippen LogP contribution in [0.2, 0.25) is 0 Å². The summed E-state index contributed by atoms with van der Waals surface area (Å²) in [5.74, 6) is -0.124. The van der Waals surface area contributed by atoms with Gasteiger partial charge in [0.25, 0.3) is 0 Å². The average molecular weight is 545 g/mol. The molecule has 0 unspecified atom stereocenters. The summed E-state index contributed by atoms with van der Waals surface area (Å²) in [6.07, 6.45) is 9.65. The highest BCUT2D eigenvalue weighted by Crippen LogP contribution is 2.41. The van der Waals surface area contributed by atoms with Crippen LogP contribution in [-0.4, -0.2) is 59.1 Å². The van der Waals surface area contributed by atoms with Gasteiger partial charge < -0.3 is 10.0 Å². The lowest BCUT2D eigenvalue weighted by atomic mass is 9.80. The number of carboxylic acid groups (broad SMARTS) is 1. The predicted octanol–water partition coefficient (Wildman–Crippen LogP) is 6.81. The van der Waals surface area contributed by atoms with Crippen LogP contribution in [0, 0.1) is 29.4 Å². The van der Waals surface area contributed by atoms with Crippen LogP contribution in [0.5, 0.6) is 0 Å². The summed E-state index contributed by atoms with van der Waals surface area (Å²) in [5, 5.41) is 14.5. The molecule has 1 N–H and O–H groups in total. The van der Waals surface area contributed by atoms with Gasteiger partial charge in [-0.3, -0.25) is 9.69 Å². The number of piperidine rings is 1. The quantitative estimate of drug-likeness (QED) is 0.338. The van der Waals surface area contributed by atoms with Crippen LogP contribution in [0.25, 0.3) is 0 Å². The number of thiophene rings is 1. The minimum Gasteiger partial charge on any atom is -0.480 e. The van der Waals surface area contributed by atoms with Gasteiger partial charge in [0.1, 0.15) is 6.04 Å². The van der Waals surface area contributed by atoms with Crippen molar-refractivity contribution in [3.63, 3.8) is 0 Å². The Bertz CT molecular complexity index is 1050. The smallest absolute Gasteiger partial charge is 0.320 e. The molecule has 3 heterocycles. The van der Waals surface area contributed by atoms with Gasteiger partial charge in [-0.2, -0.15) is 11.3 Å². The highest BCUT2D eigenvalue weighted by atomic mass is 32.1.